The van der Waals surface area contributed by atoms with Gasteiger partial charge in [0.15, 0.2) is 0 Å². The molecule has 0 bridgehead atoms. The van der Waals surface area contributed by atoms with Crippen LogP contribution in [0.1, 0.15) is 42.9 Å². The Kier molecular flexibility index (Phi) is 4.81. The third kappa shape index (κ3) is 3.24. The highest BCUT2D eigenvalue weighted by Gasteiger charge is 2.32. The average molecular weight is 288 g/mol. The molecule has 1 atom stereocenters. The Morgan fingerprint density at radius 2 is 1.90 bits per heavy atom. The first-order valence-electron chi connectivity index (χ1n) is 8.39. The Morgan fingerprint density at radius 3 is 2.52 bits per heavy atom. The van der Waals surface area contributed by atoms with Crippen LogP contribution in [0.4, 0.5) is 0 Å². The third-order valence-corrected chi connectivity index (χ3v) is 5.19. The summed E-state index contributed by atoms with van der Waals surface area (Å²) in [7, 11) is 1.75. The standard InChI is InChI=1S/C18H28N2O/c1-14-13-16(21-2)7-8-17(14)18(15-5-3-4-6-15)20-11-9-19-10-12-20/h7-8,13,15,18-19H,3-6,9-12H2,1-2H3/t18-/m1/s1. The van der Waals surface area contributed by atoms with Crippen LogP contribution in [-0.2, 0) is 0 Å². The largest absolute Gasteiger partial charge is 0.497 e. The normalized spacial score (nSPS) is 22.4. The van der Waals surface area contributed by atoms with Gasteiger partial charge < -0.3 is 10.1 Å². The van der Waals surface area contributed by atoms with Gasteiger partial charge in [0.1, 0.15) is 5.75 Å². The van der Waals surface area contributed by atoms with Crippen LogP contribution in [0.2, 0.25) is 0 Å². The minimum Gasteiger partial charge on any atom is -0.497 e. The van der Waals surface area contributed by atoms with Crippen LogP contribution in [-0.4, -0.2) is 38.2 Å². The van der Waals surface area contributed by atoms with E-state index in [1.807, 2.05) is 0 Å². The van der Waals surface area contributed by atoms with Crippen molar-refractivity contribution < 1.29 is 4.74 Å². The third-order valence-electron chi connectivity index (χ3n) is 5.19. The van der Waals surface area contributed by atoms with Crippen molar-refractivity contribution in [2.45, 2.75) is 38.6 Å². The van der Waals surface area contributed by atoms with Crippen LogP contribution in [0.3, 0.4) is 0 Å². The first-order valence-corrected chi connectivity index (χ1v) is 8.39. The number of piperazine rings is 1. The smallest absolute Gasteiger partial charge is 0.119 e. The second-order valence-corrected chi connectivity index (χ2v) is 6.50. The second-order valence-electron chi connectivity index (χ2n) is 6.50. The Balaban J connectivity index is 1.89. The molecule has 0 spiro atoms. The molecule has 1 saturated heterocycles. The van der Waals surface area contributed by atoms with E-state index in [1.165, 1.54) is 49.9 Å². The minimum absolute atomic E-state index is 0.598. The molecule has 0 radical (unpaired) electrons. The van der Waals surface area contributed by atoms with Crippen molar-refractivity contribution in [3.8, 4) is 5.75 Å². The Morgan fingerprint density at radius 1 is 1.19 bits per heavy atom. The van der Waals surface area contributed by atoms with Gasteiger partial charge in [-0.1, -0.05) is 18.9 Å². The lowest BCUT2D eigenvalue weighted by Crippen LogP contribution is -2.46. The number of rotatable bonds is 4. The van der Waals surface area contributed by atoms with E-state index < -0.39 is 0 Å². The molecule has 1 aliphatic heterocycles. The summed E-state index contributed by atoms with van der Waals surface area (Å²) in [6, 6.07) is 7.23. The molecule has 2 aliphatic rings. The van der Waals surface area contributed by atoms with Gasteiger partial charge in [0, 0.05) is 32.2 Å². The molecule has 1 aromatic rings. The first kappa shape index (κ1) is 14.9. The summed E-state index contributed by atoms with van der Waals surface area (Å²) < 4.78 is 5.38. The number of aryl methyl sites for hydroxylation is 1. The highest BCUT2D eigenvalue weighted by molar-refractivity contribution is 5.37. The number of hydrogen-bond donors (Lipinski definition) is 1. The molecule has 3 rings (SSSR count). The maximum atomic E-state index is 5.38. The van der Waals surface area contributed by atoms with E-state index >= 15 is 0 Å². The van der Waals surface area contributed by atoms with E-state index in [-0.39, 0.29) is 0 Å². The Bertz CT molecular complexity index is 462. The van der Waals surface area contributed by atoms with Crippen LogP contribution in [0, 0.1) is 12.8 Å². The van der Waals surface area contributed by atoms with Crippen LogP contribution < -0.4 is 10.1 Å². The predicted octanol–water partition coefficient (Wildman–Crippen LogP) is 3.14. The van der Waals surface area contributed by atoms with Gasteiger partial charge in [-0.15, -0.1) is 0 Å². The summed E-state index contributed by atoms with van der Waals surface area (Å²) in [4.78, 5) is 2.71. The molecule has 1 N–H and O–H groups in total. The summed E-state index contributed by atoms with van der Waals surface area (Å²) in [5.41, 5.74) is 2.90. The van der Waals surface area contributed by atoms with E-state index in [4.69, 9.17) is 4.74 Å². The molecule has 1 aliphatic carbocycles. The van der Waals surface area contributed by atoms with E-state index in [0.717, 1.165) is 24.8 Å². The topological polar surface area (TPSA) is 24.5 Å². The van der Waals surface area contributed by atoms with Gasteiger partial charge in [0.2, 0.25) is 0 Å². The lowest BCUT2D eigenvalue weighted by atomic mass is 9.87. The average Bonchev–Trinajstić information content (AvgIpc) is 3.04. The van der Waals surface area contributed by atoms with E-state index in [2.05, 4.69) is 35.3 Å². The Labute approximate surface area is 128 Å². The van der Waals surface area contributed by atoms with Crippen molar-refractivity contribution in [3.63, 3.8) is 0 Å². The zero-order valence-electron chi connectivity index (χ0n) is 13.4. The van der Waals surface area contributed by atoms with Crippen LogP contribution in [0.25, 0.3) is 0 Å². The zero-order chi connectivity index (χ0) is 14.7. The first-order chi connectivity index (χ1) is 10.3. The Hall–Kier alpha value is -1.06. The minimum atomic E-state index is 0.598. The second kappa shape index (κ2) is 6.80. The number of nitrogens with one attached hydrogen (secondary N) is 1. The predicted molar refractivity (Wildman–Crippen MR) is 86.9 cm³/mol. The van der Waals surface area contributed by atoms with Crippen molar-refractivity contribution in [1.29, 1.82) is 0 Å². The number of ether oxygens (including phenoxy) is 1. The summed E-state index contributed by atoms with van der Waals surface area (Å²) in [6.45, 7) is 6.83. The highest BCUT2D eigenvalue weighted by atomic mass is 16.5. The molecule has 0 unspecified atom stereocenters. The lowest BCUT2D eigenvalue weighted by molar-refractivity contribution is 0.125. The summed E-state index contributed by atoms with van der Waals surface area (Å²) >= 11 is 0. The molecular formula is C18H28N2O. The van der Waals surface area contributed by atoms with E-state index in [1.54, 1.807) is 7.11 Å². The van der Waals surface area contributed by atoms with Crippen molar-refractivity contribution in [2.24, 2.45) is 5.92 Å². The van der Waals surface area contributed by atoms with Crippen molar-refractivity contribution >= 4 is 0 Å². The molecule has 1 aromatic carbocycles. The quantitative estimate of drug-likeness (QED) is 0.921. The molecule has 3 heteroatoms. The molecule has 116 valence electrons. The number of hydrogen-bond acceptors (Lipinski definition) is 3. The van der Waals surface area contributed by atoms with Crippen LogP contribution >= 0.6 is 0 Å². The number of methoxy groups -OCH3 is 1. The van der Waals surface area contributed by atoms with Gasteiger partial charge >= 0.3 is 0 Å². The van der Waals surface area contributed by atoms with Gasteiger partial charge in [-0.2, -0.15) is 0 Å². The maximum Gasteiger partial charge on any atom is 0.119 e. The summed E-state index contributed by atoms with van der Waals surface area (Å²) in [5, 5.41) is 3.48. The van der Waals surface area contributed by atoms with E-state index in [9.17, 15) is 0 Å². The fraction of sp³-hybridized carbons (Fsp3) is 0.667. The number of nitrogens with zero attached hydrogens (tertiary/aromatic N) is 1. The molecule has 3 nitrogen and oxygen atoms in total. The fourth-order valence-corrected chi connectivity index (χ4v) is 4.09. The molecule has 0 amide bonds. The van der Waals surface area contributed by atoms with Gasteiger partial charge in [-0.05, 0) is 48.9 Å². The van der Waals surface area contributed by atoms with Crippen molar-refractivity contribution in [1.82, 2.24) is 10.2 Å². The van der Waals surface area contributed by atoms with Crippen molar-refractivity contribution in [2.75, 3.05) is 33.3 Å². The van der Waals surface area contributed by atoms with Gasteiger partial charge in [-0.25, -0.2) is 0 Å². The molecule has 21 heavy (non-hydrogen) atoms. The summed E-state index contributed by atoms with van der Waals surface area (Å²) in [6.07, 6.45) is 5.59. The molecule has 1 saturated carbocycles. The van der Waals surface area contributed by atoms with Crippen LogP contribution in [0.15, 0.2) is 18.2 Å². The SMILES string of the molecule is COc1ccc([C@@H](C2CCCC2)N2CCNCC2)c(C)c1. The van der Waals surface area contributed by atoms with Gasteiger partial charge in [-0.3, -0.25) is 4.90 Å². The molecule has 2 fully saturated rings. The maximum absolute atomic E-state index is 5.38. The van der Waals surface area contributed by atoms with Crippen molar-refractivity contribution in [3.05, 3.63) is 29.3 Å². The monoisotopic (exact) mass is 288 g/mol. The zero-order valence-corrected chi connectivity index (χ0v) is 13.4. The highest BCUT2D eigenvalue weighted by Crippen LogP contribution is 2.41. The fourth-order valence-electron chi connectivity index (χ4n) is 4.09. The molecule has 1 heterocycles. The van der Waals surface area contributed by atoms with Gasteiger partial charge in [0.05, 0.1) is 7.11 Å². The molecule has 0 aromatic heterocycles. The van der Waals surface area contributed by atoms with Crippen LogP contribution in [0.5, 0.6) is 5.75 Å². The summed E-state index contributed by atoms with van der Waals surface area (Å²) in [5.74, 6) is 1.80. The number of benzene rings is 1. The molecular weight excluding hydrogens is 260 g/mol. The van der Waals surface area contributed by atoms with Gasteiger partial charge in [0.25, 0.3) is 0 Å². The van der Waals surface area contributed by atoms with E-state index in [0.29, 0.717) is 6.04 Å². The lowest BCUT2D eigenvalue weighted by Gasteiger charge is -2.39.